The minimum absolute atomic E-state index is 0.292. The zero-order valence-corrected chi connectivity index (χ0v) is 17.6. The average Bonchev–Trinajstić information content (AvgIpc) is 3.51. The van der Waals surface area contributed by atoms with Crippen LogP contribution in [0.15, 0.2) is 48.0 Å². The predicted molar refractivity (Wildman–Crippen MR) is 118 cm³/mol. The molecule has 8 heteroatoms. The number of phenolic OH excluding ortho intramolecular Hbond substituents is 1. The third-order valence-electron chi connectivity index (χ3n) is 4.96. The highest BCUT2D eigenvalue weighted by molar-refractivity contribution is 7.10. The van der Waals surface area contributed by atoms with Crippen molar-refractivity contribution in [2.75, 3.05) is 0 Å². The summed E-state index contributed by atoms with van der Waals surface area (Å²) < 4.78 is 2.17. The molecule has 0 aliphatic rings. The molecule has 0 spiro atoms. The van der Waals surface area contributed by atoms with Crippen molar-refractivity contribution >= 4 is 23.0 Å². The first-order valence-electron chi connectivity index (χ1n) is 10.0. The Balaban J connectivity index is 1.74. The molecule has 3 heterocycles. The van der Waals surface area contributed by atoms with Crippen LogP contribution in [0.3, 0.4) is 0 Å². The van der Waals surface area contributed by atoms with Gasteiger partial charge in [0.2, 0.25) is 0 Å². The molecule has 0 atom stereocenters. The molecule has 0 aliphatic carbocycles. The Kier molecular flexibility index (Phi) is 6.34. The van der Waals surface area contributed by atoms with Crippen LogP contribution in [0.2, 0.25) is 0 Å². The van der Waals surface area contributed by atoms with Crippen molar-refractivity contribution in [2.24, 2.45) is 0 Å². The topological polar surface area (TPSA) is 92.5 Å². The van der Waals surface area contributed by atoms with Gasteiger partial charge in [-0.1, -0.05) is 37.6 Å². The van der Waals surface area contributed by atoms with E-state index in [4.69, 9.17) is 0 Å². The minimum Gasteiger partial charge on any atom is -0.508 e. The normalized spacial score (nSPS) is 11.8. The van der Waals surface area contributed by atoms with Gasteiger partial charge in [0.25, 0.3) is 0 Å². The van der Waals surface area contributed by atoms with Gasteiger partial charge in [0.05, 0.1) is 18.4 Å². The molecule has 0 fully saturated rings. The summed E-state index contributed by atoms with van der Waals surface area (Å²) in [6.45, 7) is 2.73. The number of phenols is 1. The molecular weight excluding hydrogens is 396 g/mol. The Labute approximate surface area is 179 Å². The number of unbranched alkanes of at least 4 members (excludes halogenated alkanes) is 1. The van der Waals surface area contributed by atoms with Gasteiger partial charge in [-0.05, 0) is 40.4 Å². The smallest absolute Gasteiger partial charge is 0.175 e. The van der Waals surface area contributed by atoms with Gasteiger partial charge in [0.1, 0.15) is 11.6 Å². The second-order valence-corrected chi connectivity index (χ2v) is 8.13. The Hall–Kier alpha value is -3.26. The molecule has 4 rings (SSSR count). The first kappa shape index (κ1) is 20.0. The maximum atomic E-state index is 10.3. The lowest BCUT2D eigenvalue weighted by Crippen LogP contribution is -2.08. The van der Waals surface area contributed by atoms with Crippen LogP contribution in [0, 0.1) is 0 Å². The number of aromatic nitrogens is 6. The summed E-state index contributed by atoms with van der Waals surface area (Å²) in [6, 6.07) is 11.6. The summed E-state index contributed by atoms with van der Waals surface area (Å²) in [5, 5.41) is 26.9. The third kappa shape index (κ3) is 4.65. The molecule has 4 aromatic rings. The number of tetrazole rings is 1. The van der Waals surface area contributed by atoms with E-state index in [1.165, 1.54) is 4.88 Å². The van der Waals surface area contributed by atoms with E-state index in [2.05, 4.69) is 54.6 Å². The fourth-order valence-electron chi connectivity index (χ4n) is 3.35. The molecule has 0 aliphatic heterocycles. The van der Waals surface area contributed by atoms with Gasteiger partial charge in [-0.2, -0.15) is 0 Å². The molecule has 154 valence electrons. The Morgan fingerprint density at radius 1 is 1.23 bits per heavy atom. The number of para-hydroxylation sites is 1. The first-order chi connectivity index (χ1) is 14.7. The third-order valence-corrected chi connectivity index (χ3v) is 5.84. The molecule has 0 amide bonds. The van der Waals surface area contributed by atoms with Crippen molar-refractivity contribution in [3.63, 3.8) is 0 Å². The van der Waals surface area contributed by atoms with E-state index < -0.39 is 0 Å². The quantitative estimate of drug-likeness (QED) is 0.420. The molecule has 1 aromatic carbocycles. The Morgan fingerprint density at radius 3 is 2.87 bits per heavy atom. The van der Waals surface area contributed by atoms with Crippen LogP contribution in [0.1, 0.15) is 47.5 Å². The van der Waals surface area contributed by atoms with Crippen molar-refractivity contribution in [3.05, 3.63) is 75.8 Å². The number of benzene rings is 1. The number of hydrogen-bond acceptors (Lipinski definition) is 6. The van der Waals surface area contributed by atoms with Crippen molar-refractivity contribution in [1.29, 1.82) is 0 Å². The summed E-state index contributed by atoms with van der Waals surface area (Å²) >= 11 is 1.71. The summed E-state index contributed by atoms with van der Waals surface area (Å²) in [7, 11) is 0. The predicted octanol–water partition coefficient (Wildman–Crippen LogP) is 4.34. The second kappa shape index (κ2) is 9.49. The maximum absolute atomic E-state index is 10.3. The standard InChI is InChI=1S/C22H24N6OS/c1-2-3-10-21-23-14-18(28(21)15-16-7-4-5-9-20(16)29)12-17(22-24-26-27-25-22)13-19-8-6-11-30-19/h4-9,11-12,14,29H,2-3,10,13,15H2,1H3,(H,24,25,26,27)/b17-12+. The summed E-state index contributed by atoms with van der Waals surface area (Å²) in [4.78, 5) is 5.92. The summed E-state index contributed by atoms with van der Waals surface area (Å²) in [5.74, 6) is 1.95. The van der Waals surface area contributed by atoms with Crippen molar-refractivity contribution in [3.8, 4) is 5.75 Å². The molecule has 2 N–H and O–H groups in total. The van der Waals surface area contributed by atoms with Gasteiger partial charge in [-0.25, -0.2) is 10.1 Å². The Morgan fingerprint density at radius 2 is 2.13 bits per heavy atom. The van der Waals surface area contributed by atoms with E-state index >= 15 is 0 Å². The summed E-state index contributed by atoms with van der Waals surface area (Å²) in [5.41, 5.74) is 2.82. The van der Waals surface area contributed by atoms with Crippen LogP contribution in [-0.2, 0) is 19.4 Å². The number of aryl methyl sites for hydroxylation is 1. The van der Waals surface area contributed by atoms with Crippen LogP contribution in [0.5, 0.6) is 5.75 Å². The van der Waals surface area contributed by atoms with Gasteiger partial charge < -0.3 is 9.67 Å². The zero-order valence-electron chi connectivity index (χ0n) is 16.8. The van der Waals surface area contributed by atoms with Crippen LogP contribution in [0.4, 0.5) is 0 Å². The van der Waals surface area contributed by atoms with Crippen molar-refractivity contribution < 1.29 is 5.11 Å². The fourth-order valence-corrected chi connectivity index (χ4v) is 4.08. The van der Waals surface area contributed by atoms with E-state index in [1.807, 2.05) is 30.5 Å². The molecule has 0 unspecified atom stereocenters. The number of H-pyrrole nitrogens is 1. The lowest BCUT2D eigenvalue weighted by molar-refractivity contribution is 0.465. The molecule has 7 nitrogen and oxygen atoms in total. The van der Waals surface area contributed by atoms with E-state index in [1.54, 1.807) is 17.4 Å². The number of nitrogens with one attached hydrogen (secondary N) is 1. The van der Waals surface area contributed by atoms with E-state index in [9.17, 15) is 5.11 Å². The largest absolute Gasteiger partial charge is 0.508 e. The maximum Gasteiger partial charge on any atom is 0.175 e. The molecular formula is C22H24N6OS. The highest BCUT2D eigenvalue weighted by Crippen LogP contribution is 2.25. The number of nitrogens with zero attached hydrogens (tertiary/aromatic N) is 5. The first-order valence-corrected chi connectivity index (χ1v) is 10.9. The van der Waals surface area contributed by atoms with Crippen LogP contribution < -0.4 is 0 Å². The highest BCUT2D eigenvalue weighted by Gasteiger charge is 2.14. The SMILES string of the molecule is CCCCc1ncc(/C=C(\Cc2cccs2)c2nnn[nH]2)n1Cc1ccccc1O. The van der Waals surface area contributed by atoms with Crippen molar-refractivity contribution in [2.45, 2.75) is 39.2 Å². The number of allylic oxidation sites excluding steroid dienone is 1. The van der Waals surface area contributed by atoms with Crippen LogP contribution in [0.25, 0.3) is 11.6 Å². The zero-order chi connectivity index (χ0) is 20.8. The molecule has 0 saturated carbocycles. The molecule has 30 heavy (non-hydrogen) atoms. The average molecular weight is 421 g/mol. The van der Waals surface area contributed by atoms with Crippen molar-refractivity contribution in [1.82, 2.24) is 30.2 Å². The lowest BCUT2D eigenvalue weighted by Gasteiger charge is -2.12. The number of aromatic amines is 1. The van der Waals surface area contributed by atoms with E-state index in [0.29, 0.717) is 18.1 Å². The van der Waals surface area contributed by atoms with Gasteiger partial charge in [0.15, 0.2) is 5.82 Å². The van der Waals surface area contributed by atoms with Crippen LogP contribution >= 0.6 is 11.3 Å². The number of imidazole rings is 1. The lowest BCUT2D eigenvalue weighted by atomic mass is 10.1. The fraction of sp³-hybridized carbons (Fsp3) is 0.273. The van der Waals surface area contributed by atoms with Gasteiger partial charge in [-0.15, -0.1) is 16.4 Å². The number of thiophene rings is 1. The number of rotatable bonds is 9. The molecule has 0 radical (unpaired) electrons. The minimum atomic E-state index is 0.292. The molecule has 0 saturated heterocycles. The number of hydrogen-bond donors (Lipinski definition) is 2. The monoisotopic (exact) mass is 420 g/mol. The highest BCUT2D eigenvalue weighted by atomic mass is 32.1. The Bertz CT molecular complexity index is 1100. The van der Waals surface area contributed by atoms with Gasteiger partial charge in [-0.3, -0.25) is 0 Å². The second-order valence-electron chi connectivity index (χ2n) is 7.09. The van der Waals surface area contributed by atoms with E-state index in [-0.39, 0.29) is 0 Å². The van der Waals surface area contributed by atoms with Gasteiger partial charge in [0, 0.05) is 28.9 Å². The van der Waals surface area contributed by atoms with Gasteiger partial charge >= 0.3 is 0 Å². The molecule has 3 aromatic heterocycles. The van der Waals surface area contributed by atoms with E-state index in [0.717, 1.165) is 48.3 Å². The van der Waals surface area contributed by atoms with Crippen LogP contribution in [-0.4, -0.2) is 35.3 Å². The summed E-state index contributed by atoms with van der Waals surface area (Å²) in [6.07, 6.45) is 7.76. The molecule has 0 bridgehead atoms. The number of aromatic hydroxyl groups is 1.